The number of hydrogen-bond donors (Lipinski definition) is 0. The second-order valence-corrected chi connectivity index (χ2v) is 14.4. The average Bonchev–Trinajstić information content (AvgIpc) is 3.92. The lowest BCUT2D eigenvalue weighted by Gasteiger charge is -2.14. The Morgan fingerprint density at radius 3 is 1.08 bits per heavy atom. The Morgan fingerprint density at radius 1 is 0.231 bits per heavy atom. The smallest absolute Gasteiger partial charge is 0.0553 e. The van der Waals surface area contributed by atoms with Crippen molar-refractivity contribution in [2.45, 2.75) is 0 Å². The van der Waals surface area contributed by atoms with Crippen molar-refractivity contribution in [2.24, 2.45) is 0 Å². The minimum atomic E-state index is 1.15. The topological polar surface area (TPSA) is 9.86 Å². The van der Waals surface area contributed by atoms with Crippen molar-refractivity contribution >= 4 is 65.2 Å². The highest BCUT2D eigenvalue weighted by molar-refractivity contribution is 6.30. The molecule has 0 amide bonds. The Morgan fingerprint density at radius 2 is 0.596 bits per heavy atom. The molecule has 0 unspecified atom stereocenters. The Balaban J connectivity index is 1.13. The van der Waals surface area contributed by atoms with Gasteiger partial charge in [-0.3, -0.25) is 0 Å². The van der Waals surface area contributed by atoms with E-state index in [1.54, 1.807) is 0 Å². The summed E-state index contributed by atoms with van der Waals surface area (Å²) in [6.07, 6.45) is 0. The van der Waals surface area contributed by atoms with E-state index >= 15 is 0 Å². The normalized spacial score (nSPS) is 12.6. The monoisotopic (exact) mass is 656 g/mol. The zero-order valence-electron chi connectivity index (χ0n) is 28.1. The highest BCUT2D eigenvalue weighted by atomic mass is 15.0. The molecule has 2 aromatic heterocycles. The van der Waals surface area contributed by atoms with Crippen LogP contribution in [0.25, 0.3) is 121 Å². The maximum Gasteiger partial charge on any atom is 0.0553 e. The lowest BCUT2D eigenvalue weighted by molar-refractivity contribution is 1.13. The average molecular weight is 657 g/mol. The molecule has 2 nitrogen and oxygen atoms in total. The second kappa shape index (κ2) is 9.45. The molecule has 0 saturated carbocycles. The Labute approximate surface area is 299 Å². The first kappa shape index (κ1) is 26.9. The number of nitrogens with zero attached hydrogens (tertiary/aromatic N) is 2. The minimum absolute atomic E-state index is 1.15. The minimum Gasteiger partial charge on any atom is -0.309 e. The third-order valence-electron chi connectivity index (χ3n) is 12.0. The molecule has 2 aliphatic rings. The molecular formula is C50H28N2. The molecule has 0 saturated heterocycles. The van der Waals surface area contributed by atoms with Gasteiger partial charge in [-0.25, -0.2) is 0 Å². The van der Waals surface area contributed by atoms with Crippen LogP contribution in [0.5, 0.6) is 0 Å². The van der Waals surface area contributed by atoms with Gasteiger partial charge in [0.15, 0.2) is 0 Å². The van der Waals surface area contributed by atoms with Gasteiger partial charge in [0.25, 0.3) is 0 Å². The maximum atomic E-state index is 2.49. The summed E-state index contributed by atoms with van der Waals surface area (Å²) in [5.74, 6) is 0. The zero-order chi connectivity index (χ0) is 33.7. The van der Waals surface area contributed by atoms with Crippen molar-refractivity contribution < 1.29 is 0 Å². The van der Waals surface area contributed by atoms with Crippen LogP contribution >= 0.6 is 0 Å². The third-order valence-corrected chi connectivity index (χ3v) is 12.0. The maximum absolute atomic E-state index is 2.49. The fourth-order valence-electron chi connectivity index (χ4n) is 9.99. The second-order valence-electron chi connectivity index (χ2n) is 14.4. The molecule has 0 bridgehead atoms. The molecule has 13 rings (SSSR count). The summed E-state index contributed by atoms with van der Waals surface area (Å²) >= 11 is 0. The van der Waals surface area contributed by atoms with Crippen molar-refractivity contribution in [3.8, 4) is 55.9 Å². The van der Waals surface area contributed by atoms with Gasteiger partial charge in [0.1, 0.15) is 0 Å². The fourth-order valence-corrected chi connectivity index (χ4v) is 9.99. The van der Waals surface area contributed by atoms with Crippen LogP contribution in [0.3, 0.4) is 0 Å². The molecule has 11 aromatic rings. The lowest BCUT2D eigenvalue weighted by atomic mass is 9.98. The molecule has 238 valence electrons. The zero-order valence-corrected chi connectivity index (χ0v) is 28.1. The highest BCUT2D eigenvalue weighted by Gasteiger charge is 2.27. The lowest BCUT2D eigenvalue weighted by Crippen LogP contribution is -1.99. The van der Waals surface area contributed by atoms with Gasteiger partial charge in [-0.15, -0.1) is 0 Å². The summed E-state index contributed by atoms with van der Waals surface area (Å²) in [5, 5.41) is 10.6. The standard InChI is InChI=1S/C50H28N2/c1-3-16-33-31(14-1)35-20-10-22-39-47(35)41(33)27-45-49(39)37-18-5-7-24-43(37)51(45)29-12-9-13-30(26-29)52-44-25-8-6-19-38(44)50-40-23-11-21-36-32-15-2-4-17-34(32)42(48(36)40)28-46(50)52/h1-28H. The predicted octanol–water partition coefficient (Wildman–Crippen LogP) is 13.5. The largest absolute Gasteiger partial charge is 0.309 e. The van der Waals surface area contributed by atoms with E-state index in [0.717, 1.165) is 11.4 Å². The van der Waals surface area contributed by atoms with Gasteiger partial charge in [0, 0.05) is 32.9 Å². The van der Waals surface area contributed by atoms with Crippen molar-refractivity contribution in [3.63, 3.8) is 0 Å². The third kappa shape index (κ3) is 3.18. The van der Waals surface area contributed by atoms with Gasteiger partial charge in [0.2, 0.25) is 0 Å². The molecule has 0 spiro atoms. The number of para-hydroxylation sites is 2. The molecule has 0 atom stereocenters. The number of hydrogen-bond acceptors (Lipinski definition) is 0. The Bertz CT molecular complexity index is 3180. The molecule has 2 aliphatic carbocycles. The van der Waals surface area contributed by atoms with E-state index in [2.05, 4.69) is 179 Å². The quantitative estimate of drug-likeness (QED) is 0.175. The van der Waals surface area contributed by atoms with Crippen LogP contribution in [0.2, 0.25) is 0 Å². The van der Waals surface area contributed by atoms with Crippen molar-refractivity contribution in [1.82, 2.24) is 9.13 Å². The molecule has 9 aromatic carbocycles. The molecule has 0 N–H and O–H groups in total. The van der Waals surface area contributed by atoms with E-state index in [1.165, 1.54) is 110 Å². The summed E-state index contributed by atoms with van der Waals surface area (Å²) in [6.45, 7) is 0. The van der Waals surface area contributed by atoms with Crippen LogP contribution in [0.15, 0.2) is 170 Å². The first-order chi connectivity index (χ1) is 25.8. The first-order valence-electron chi connectivity index (χ1n) is 18.1. The first-order valence-corrected chi connectivity index (χ1v) is 18.1. The van der Waals surface area contributed by atoms with Gasteiger partial charge < -0.3 is 9.13 Å². The molecule has 52 heavy (non-hydrogen) atoms. The summed E-state index contributed by atoms with van der Waals surface area (Å²) in [7, 11) is 0. The van der Waals surface area contributed by atoms with Crippen molar-refractivity contribution in [3.05, 3.63) is 170 Å². The van der Waals surface area contributed by atoms with Gasteiger partial charge in [-0.1, -0.05) is 127 Å². The Hall–Kier alpha value is -6.90. The summed E-state index contributed by atoms with van der Waals surface area (Å²) < 4.78 is 4.98. The predicted molar refractivity (Wildman–Crippen MR) is 219 cm³/mol. The van der Waals surface area contributed by atoms with Crippen LogP contribution in [-0.4, -0.2) is 9.13 Å². The van der Waals surface area contributed by atoms with Gasteiger partial charge in [0.05, 0.1) is 22.1 Å². The Kier molecular flexibility index (Phi) is 4.89. The van der Waals surface area contributed by atoms with E-state index in [0.29, 0.717) is 0 Å². The van der Waals surface area contributed by atoms with E-state index in [4.69, 9.17) is 0 Å². The van der Waals surface area contributed by atoms with E-state index in [9.17, 15) is 0 Å². The van der Waals surface area contributed by atoms with Crippen LogP contribution in [-0.2, 0) is 0 Å². The van der Waals surface area contributed by atoms with Crippen LogP contribution in [0.4, 0.5) is 0 Å². The highest BCUT2D eigenvalue weighted by Crippen LogP contribution is 2.53. The summed E-state index contributed by atoms with van der Waals surface area (Å²) in [5.41, 5.74) is 17.8. The van der Waals surface area contributed by atoms with Crippen molar-refractivity contribution in [1.29, 1.82) is 0 Å². The fraction of sp³-hybridized carbons (Fsp3) is 0. The molecule has 0 aliphatic heterocycles. The van der Waals surface area contributed by atoms with E-state index < -0.39 is 0 Å². The number of fused-ring (bicyclic) bond motifs is 14. The molecule has 0 radical (unpaired) electrons. The summed E-state index contributed by atoms with van der Waals surface area (Å²) in [4.78, 5) is 0. The summed E-state index contributed by atoms with van der Waals surface area (Å²) in [6, 6.07) is 63.3. The molecular weight excluding hydrogens is 629 g/mol. The number of aromatic nitrogens is 2. The van der Waals surface area contributed by atoms with Crippen LogP contribution in [0.1, 0.15) is 0 Å². The molecule has 2 heteroatoms. The van der Waals surface area contributed by atoms with Crippen LogP contribution in [0, 0.1) is 0 Å². The number of benzene rings is 9. The van der Waals surface area contributed by atoms with Crippen LogP contribution < -0.4 is 0 Å². The van der Waals surface area contributed by atoms with E-state index in [-0.39, 0.29) is 0 Å². The van der Waals surface area contributed by atoms with Gasteiger partial charge >= 0.3 is 0 Å². The SMILES string of the molecule is c1cc(-n2c3ccccc3c3c4cccc5c4c(cc32)-c2ccccc2-5)cc(-n2c3ccccc3c3c4cccc5c4c(cc32)-c2ccccc2-5)c1. The van der Waals surface area contributed by atoms with Gasteiger partial charge in [-0.2, -0.15) is 0 Å². The molecule has 2 heterocycles. The number of rotatable bonds is 2. The van der Waals surface area contributed by atoms with E-state index in [1.807, 2.05) is 0 Å². The van der Waals surface area contributed by atoms with Crippen molar-refractivity contribution in [2.75, 3.05) is 0 Å². The molecule has 0 fully saturated rings. The van der Waals surface area contributed by atoms with Gasteiger partial charge in [-0.05, 0) is 109 Å².